The molecular formula is C21H14ClNS. The Hall–Kier alpha value is -2.42. The molecule has 0 saturated heterocycles. The second kappa shape index (κ2) is 6.60. The highest BCUT2D eigenvalue weighted by Crippen LogP contribution is 2.40. The summed E-state index contributed by atoms with van der Waals surface area (Å²) in [6.07, 6.45) is 0. The minimum atomic E-state index is 0.738. The van der Waals surface area contributed by atoms with Crippen molar-refractivity contribution >= 4 is 22.9 Å². The molecule has 4 aromatic rings. The van der Waals surface area contributed by atoms with Crippen LogP contribution in [0.1, 0.15) is 0 Å². The number of benzene rings is 3. The van der Waals surface area contributed by atoms with Crippen LogP contribution in [0.15, 0.2) is 84.9 Å². The van der Waals surface area contributed by atoms with Gasteiger partial charge in [0.15, 0.2) is 0 Å². The molecule has 0 aliphatic rings. The van der Waals surface area contributed by atoms with Gasteiger partial charge in [-0.3, -0.25) is 0 Å². The van der Waals surface area contributed by atoms with Gasteiger partial charge in [0.05, 0.1) is 10.6 Å². The molecular weight excluding hydrogens is 334 g/mol. The van der Waals surface area contributed by atoms with Gasteiger partial charge in [0.25, 0.3) is 0 Å². The van der Waals surface area contributed by atoms with Crippen LogP contribution in [0, 0.1) is 0 Å². The lowest BCUT2D eigenvalue weighted by Crippen LogP contribution is -1.82. The van der Waals surface area contributed by atoms with Crippen LogP contribution in [0.3, 0.4) is 0 Å². The summed E-state index contributed by atoms with van der Waals surface area (Å²) < 4.78 is 0. The molecule has 0 fully saturated rings. The predicted octanol–water partition coefficient (Wildman–Crippen LogP) is 6.80. The minimum absolute atomic E-state index is 0.738. The quantitative estimate of drug-likeness (QED) is 0.397. The second-order valence-corrected chi connectivity index (χ2v) is 6.87. The van der Waals surface area contributed by atoms with Crippen LogP contribution < -0.4 is 0 Å². The molecule has 0 unspecified atom stereocenters. The van der Waals surface area contributed by atoms with Crippen LogP contribution >= 0.6 is 22.9 Å². The molecule has 116 valence electrons. The minimum Gasteiger partial charge on any atom is -0.235 e. The SMILES string of the molecule is Clc1ccc(-c2nc(-c3ccccc3)c(-c3ccccc3)s2)cc1. The molecule has 0 spiro atoms. The molecule has 1 aromatic heterocycles. The summed E-state index contributed by atoms with van der Waals surface area (Å²) in [6.45, 7) is 0. The van der Waals surface area contributed by atoms with Gasteiger partial charge < -0.3 is 0 Å². The fraction of sp³-hybridized carbons (Fsp3) is 0. The normalized spacial score (nSPS) is 10.7. The summed E-state index contributed by atoms with van der Waals surface area (Å²) in [5.41, 5.74) is 4.43. The van der Waals surface area contributed by atoms with Gasteiger partial charge in [-0.1, -0.05) is 84.4 Å². The fourth-order valence-corrected chi connectivity index (χ4v) is 3.84. The van der Waals surface area contributed by atoms with Crippen LogP contribution in [-0.2, 0) is 0 Å². The van der Waals surface area contributed by atoms with E-state index in [1.165, 1.54) is 10.4 Å². The van der Waals surface area contributed by atoms with Crippen molar-refractivity contribution < 1.29 is 0 Å². The van der Waals surface area contributed by atoms with Gasteiger partial charge in [-0.05, 0) is 17.7 Å². The van der Waals surface area contributed by atoms with Crippen LogP contribution in [-0.4, -0.2) is 4.98 Å². The van der Waals surface area contributed by atoms with Gasteiger partial charge >= 0.3 is 0 Å². The Bertz CT molecular complexity index is 887. The molecule has 3 aromatic carbocycles. The zero-order valence-electron chi connectivity index (χ0n) is 12.8. The second-order valence-electron chi connectivity index (χ2n) is 5.44. The number of rotatable bonds is 3. The summed E-state index contributed by atoms with van der Waals surface area (Å²) in [4.78, 5) is 6.12. The third kappa shape index (κ3) is 2.99. The van der Waals surface area contributed by atoms with E-state index in [9.17, 15) is 0 Å². The summed E-state index contributed by atoms with van der Waals surface area (Å²) in [7, 11) is 0. The molecule has 0 saturated carbocycles. The Kier molecular flexibility index (Phi) is 4.16. The Morgan fingerprint density at radius 3 is 1.83 bits per heavy atom. The molecule has 4 rings (SSSR count). The van der Waals surface area contributed by atoms with Gasteiger partial charge in [0.2, 0.25) is 0 Å². The number of thiazole rings is 1. The zero-order chi connectivity index (χ0) is 16.4. The number of hydrogen-bond donors (Lipinski definition) is 0. The van der Waals surface area contributed by atoms with Crippen molar-refractivity contribution in [1.82, 2.24) is 4.98 Å². The number of nitrogens with zero attached hydrogens (tertiary/aromatic N) is 1. The number of halogens is 1. The molecule has 1 heterocycles. The summed E-state index contributed by atoms with van der Waals surface area (Å²) >= 11 is 7.72. The molecule has 0 aliphatic heterocycles. The molecule has 0 aliphatic carbocycles. The summed E-state index contributed by atoms with van der Waals surface area (Å²) in [5, 5.41) is 1.74. The highest BCUT2D eigenvalue weighted by molar-refractivity contribution is 7.19. The molecule has 3 heteroatoms. The van der Waals surface area contributed by atoms with E-state index >= 15 is 0 Å². The van der Waals surface area contributed by atoms with Crippen LogP contribution in [0.2, 0.25) is 5.02 Å². The fourth-order valence-electron chi connectivity index (χ4n) is 2.61. The van der Waals surface area contributed by atoms with Crippen molar-refractivity contribution in [3.63, 3.8) is 0 Å². The Morgan fingerprint density at radius 1 is 0.625 bits per heavy atom. The van der Waals surface area contributed by atoms with E-state index in [1.54, 1.807) is 11.3 Å². The molecule has 0 N–H and O–H groups in total. The summed E-state index contributed by atoms with van der Waals surface area (Å²) in [5.74, 6) is 0. The largest absolute Gasteiger partial charge is 0.235 e. The first-order valence-electron chi connectivity index (χ1n) is 7.69. The molecule has 0 amide bonds. The van der Waals surface area contributed by atoms with Crippen molar-refractivity contribution in [2.24, 2.45) is 0 Å². The smallest absolute Gasteiger partial charge is 0.124 e. The number of hydrogen-bond acceptors (Lipinski definition) is 2. The maximum atomic E-state index is 6.01. The lowest BCUT2D eigenvalue weighted by molar-refractivity contribution is 1.40. The van der Waals surface area contributed by atoms with E-state index in [1.807, 2.05) is 48.5 Å². The maximum Gasteiger partial charge on any atom is 0.124 e. The molecule has 0 radical (unpaired) electrons. The first kappa shape index (κ1) is 15.1. The Labute approximate surface area is 150 Å². The van der Waals surface area contributed by atoms with E-state index in [0.717, 1.165) is 26.9 Å². The Balaban J connectivity index is 1.89. The summed E-state index contributed by atoms with van der Waals surface area (Å²) in [6, 6.07) is 28.6. The highest BCUT2D eigenvalue weighted by Gasteiger charge is 2.15. The molecule has 0 atom stereocenters. The van der Waals surface area contributed by atoms with Crippen LogP contribution in [0.25, 0.3) is 32.3 Å². The monoisotopic (exact) mass is 347 g/mol. The van der Waals surface area contributed by atoms with E-state index in [2.05, 4.69) is 36.4 Å². The van der Waals surface area contributed by atoms with Gasteiger partial charge in [0, 0.05) is 16.1 Å². The first-order chi connectivity index (χ1) is 11.8. The topological polar surface area (TPSA) is 12.9 Å². The van der Waals surface area contributed by atoms with Crippen molar-refractivity contribution in [3.8, 4) is 32.3 Å². The molecule has 24 heavy (non-hydrogen) atoms. The van der Waals surface area contributed by atoms with E-state index in [0.29, 0.717) is 0 Å². The number of aromatic nitrogens is 1. The van der Waals surface area contributed by atoms with Gasteiger partial charge in [0.1, 0.15) is 5.01 Å². The predicted molar refractivity (Wildman–Crippen MR) is 103 cm³/mol. The van der Waals surface area contributed by atoms with Crippen molar-refractivity contribution in [2.75, 3.05) is 0 Å². The average Bonchev–Trinajstić information content (AvgIpc) is 3.09. The van der Waals surface area contributed by atoms with Crippen molar-refractivity contribution in [2.45, 2.75) is 0 Å². The van der Waals surface area contributed by atoms with Crippen molar-refractivity contribution in [1.29, 1.82) is 0 Å². The van der Waals surface area contributed by atoms with Crippen molar-refractivity contribution in [3.05, 3.63) is 90.0 Å². The van der Waals surface area contributed by atoms with Gasteiger partial charge in [-0.25, -0.2) is 4.98 Å². The van der Waals surface area contributed by atoms with Crippen LogP contribution in [0.5, 0.6) is 0 Å². The highest BCUT2D eigenvalue weighted by atomic mass is 35.5. The van der Waals surface area contributed by atoms with E-state index in [-0.39, 0.29) is 0 Å². The van der Waals surface area contributed by atoms with Gasteiger partial charge in [-0.2, -0.15) is 0 Å². The van der Waals surface area contributed by atoms with E-state index < -0.39 is 0 Å². The van der Waals surface area contributed by atoms with Crippen LogP contribution in [0.4, 0.5) is 0 Å². The Morgan fingerprint density at radius 2 is 1.21 bits per heavy atom. The standard InChI is InChI=1S/C21H14ClNS/c22-18-13-11-17(12-14-18)21-23-19(15-7-3-1-4-8-15)20(24-21)16-9-5-2-6-10-16/h1-14H. The third-order valence-corrected chi connectivity index (χ3v) is 5.21. The lowest BCUT2D eigenvalue weighted by atomic mass is 10.1. The zero-order valence-corrected chi connectivity index (χ0v) is 14.4. The lowest BCUT2D eigenvalue weighted by Gasteiger charge is -2.02. The third-order valence-electron chi connectivity index (χ3n) is 3.80. The maximum absolute atomic E-state index is 6.01. The van der Waals surface area contributed by atoms with E-state index in [4.69, 9.17) is 16.6 Å². The first-order valence-corrected chi connectivity index (χ1v) is 8.88. The average molecular weight is 348 g/mol. The molecule has 0 bridgehead atoms. The molecule has 1 nitrogen and oxygen atoms in total. The van der Waals surface area contributed by atoms with Gasteiger partial charge in [-0.15, -0.1) is 11.3 Å².